The Morgan fingerprint density at radius 1 is 0.743 bits per heavy atom. The van der Waals surface area contributed by atoms with Gasteiger partial charge in [0.05, 0.1) is 5.69 Å². The zero-order valence-electron chi connectivity index (χ0n) is 20.1. The fourth-order valence-corrected chi connectivity index (χ4v) is 6.87. The van der Waals surface area contributed by atoms with Gasteiger partial charge < -0.3 is 4.74 Å². The summed E-state index contributed by atoms with van der Waals surface area (Å²) in [5.41, 5.74) is 9.29. The Labute approximate surface area is 208 Å². The molecule has 2 aliphatic heterocycles. The Morgan fingerprint density at radius 2 is 1.46 bits per heavy atom. The molecule has 2 aliphatic carbocycles. The Kier molecular flexibility index (Phi) is 4.94. The van der Waals surface area contributed by atoms with Crippen LogP contribution in [-0.2, 0) is 0 Å². The summed E-state index contributed by atoms with van der Waals surface area (Å²) in [7, 11) is 0. The lowest BCUT2D eigenvalue weighted by atomic mass is 9.68. The van der Waals surface area contributed by atoms with Crippen molar-refractivity contribution >= 4 is 17.8 Å². The molecule has 35 heavy (non-hydrogen) atoms. The number of rotatable bonds is 2. The lowest BCUT2D eigenvalue weighted by molar-refractivity contribution is 0.0353. The van der Waals surface area contributed by atoms with Crippen molar-refractivity contribution in [3.63, 3.8) is 0 Å². The standard InChI is InChI=1S/C33H31NO/c1-3-11-24(12-4-1)21-26-15-9-16-27-23-29-18-10-17-28(22-25-13-5-2-6-14-25)33(29)34(32(26)27)30-19-7-8-20-31(30)35-33/h1-8,11-14,19-22,29H,9-10,15-18,23H2/b26-21+,28-22+/t29-,33+/m0/s1. The summed E-state index contributed by atoms with van der Waals surface area (Å²) >= 11 is 0. The molecule has 0 aromatic heterocycles. The number of benzene rings is 3. The van der Waals surface area contributed by atoms with Crippen molar-refractivity contribution in [2.75, 3.05) is 4.90 Å². The van der Waals surface area contributed by atoms with Crippen LogP contribution in [0.15, 0.2) is 107 Å². The molecule has 2 nitrogen and oxygen atoms in total. The summed E-state index contributed by atoms with van der Waals surface area (Å²) in [5, 5.41) is 0. The van der Waals surface area contributed by atoms with Crippen LogP contribution in [-0.4, -0.2) is 5.72 Å². The molecule has 0 amide bonds. The topological polar surface area (TPSA) is 12.5 Å². The van der Waals surface area contributed by atoms with Crippen LogP contribution >= 0.6 is 0 Å². The van der Waals surface area contributed by atoms with Gasteiger partial charge in [-0.15, -0.1) is 0 Å². The van der Waals surface area contributed by atoms with Gasteiger partial charge in [-0.05, 0) is 97.1 Å². The SMILES string of the molecule is C(=C1/CCCC2=C1N1c3ccccc3O[C@@]13/C(=C/c1ccccc1)CCC[C@H]3C2)/c1ccccc1. The average molecular weight is 458 g/mol. The van der Waals surface area contributed by atoms with E-state index in [2.05, 4.69) is 102 Å². The van der Waals surface area contributed by atoms with Gasteiger partial charge in [0.25, 0.3) is 0 Å². The summed E-state index contributed by atoms with van der Waals surface area (Å²) in [6.45, 7) is 0. The largest absolute Gasteiger partial charge is 0.461 e. The first-order chi connectivity index (χ1) is 17.3. The molecule has 0 radical (unpaired) electrons. The van der Waals surface area contributed by atoms with Gasteiger partial charge in [-0.25, -0.2) is 0 Å². The van der Waals surface area contributed by atoms with E-state index in [4.69, 9.17) is 4.74 Å². The van der Waals surface area contributed by atoms with Crippen molar-refractivity contribution in [2.24, 2.45) is 5.92 Å². The highest BCUT2D eigenvalue weighted by molar-refractivity contribution is 5.78. The number of nitrogens with zero attached hydrogens (tertiary/aromatic N) is 1. The summed E-state index contributed by atoms with van der Waals surface area (Å²) in [6.07, 6.45) is 13.1. The molecule has 3 aromatic carbocycles. The Hall–Kier alpha value is -3.52. The maximum absolute atomic E-state index is 7.13. The molecule has 1 saturated carbocycles. The normalized spacial score (nSPS) is 27.2. The molecule has 4 aliphatic rings. The molecule has 7 rings (SSSR count). The summed E-state index contributed by atoms with van der Waals surface area (Å²) in [4.78, 5) is 2.63. The smallest absolute Gasteiger partial charge is 0.213 e. The maximum Gasteiger partial charge on any atom is 0.213 e. The second kappa shape index (κ2) is 8.30. The van der Waals surface area contributed by atoms with Crippen molar-refractivity contribution in [3.8, 4) is 5.75 Å². The van der Waals surface area contributed by atoms with Gasteiger partial charge in [0, 0.05) is 11.6 Å². The molecule has 2 heteroatoms. The molecular weight excluding hydrogens is 426 g/mol. The predicted octanol–water partition coefficient (Wildman–Crippen LogP) is 8.39. The molecule has 0 saturated heterocycles. The van der Waals surface area contributed by atoms with Crippen LogP contribution in [0, 0.1) is 5.92 Å². The molecule has 174 valence electrons. The Bertz CT molecular complexity index is 1350. The van der Waals surface area contributed by atoms with E-state index in [1.807, 2.05) is 0 Å². The Morgan fingerprint density at radius 3 is 2.26 bits per heavy atom. The van der Waals surface area contributed by atoms with E-state index in [0.29, 0.717) is 5.92 Å². The third-order valence-corrected chi connectivity index (χ3v) is 8.28. The van der Waals surface area contributed by atoms with Crippen molar-refractivity contribution in [3.05, 3.63) is 118 Å². The van der Waals surface area contributed by atoms with Crippen LogP contribution in [0.3, 0.4) is 0 Å². The van der Waals surface area contributed by atoms with E-state index in [0.717, 1.165) is 25.0 Å². The molecule has 1 spiro atoms. The van der Waals surface area contributed by atoms with Crippen LogP contribution < -0.4 is 9.64 Å². The van der Waals surface area contributed by atoms with Crippen LogP contribution in [0.1, 0.15) is 56.1 Å². The second-order valence-corrected chi connectivity index (χ2v) is 10.4. The molecule has 3 aromatic rings. The average Bonchev–Trinajstić information content (AvgIpc) is 3.25. The molecule has 2 heterocycles. The van der Waals surface area contributed by atoms with Crippen molar-refractivity contribution < 1.29 is 4.74 Å². The van der Waals surface area contributed by atoms with Gasteiger partial charge in [0.2, 0.25) is 5.72 Å². The lowest BCUT2D eigenvalue weighted by Crippen LogP contribution is -2.60. The first-order valence-corrected chi connectivity index (χ1v) is 13.2. The van der Waals surface area contributed by atoms with E-state index in [1.165, 1.54) is 59.3 Å². The number of ether oxygens (including phenoxy) is 1. The number of allylic oxidation sites excluding steroid dienone is 2. The van der Waals surface area contributed by atoms with E-state index in [-0.39, 0.29) is 0 Å². The second-order valence-electron chi connectivity index (χ2n) is 10.4. The third kappa shape index (κ3) is 3.31. The molecule has 0 unspecified atom stereocenters. The van der Waals surface area contributed by atoms with Gasteiger partial charge in [0.15, 0.2) is 0 Å². The quantitative estimate of drug-likeness (QED) is 0.383. The van der Waals surface area contributed by atoms with Gasteiger partial charge in [0.1, 0.15) is 5.75 Å². The number of para-hydroxylation sites is 2. The van der Waals surface area contributed by atoms with E-state index in [9.17, 15) is 0 Å². The van der Waals surface area contributed by atoms with Crippen LogP contribution in [0.25, 0.3) is 12.2 Å². The van der Waals surface area contributed by atoms with E-state index >= 15 is 0 Å². The number of hydrogen-bond acceptors (Lipinski definition) is 2. The number of fused-ring (bicyclic) bond motifs is 3. The minimum absolute atomic E-state index is 0.427. The minimum Gasteiger partial charge on any atom is -0.461 e. The fourth-order valence-electron chi connectivity index (χ4n) is 6.87. The first-order valence-electron chi connectivity index (χ1n) is 13.2. The number of anilines is 1. The predicted molar refractivity (Wildman–Crippen MR) is 144 cm³/mol. The molecular formula is C33H31NO. The zero-order valence-corrected chi connectivity index (χ0v) is 20.1. The van der Waals surface area contributed by atoms with Crippen molar-refractivity contribution in [1.29, 1.82) is 0 Å². The van der Waals surface area contributed by atoms with Crippen molar-refractivity contribution in [2.45, 2.75) is 50.7 Å². The molecule has 2 atom stereocenters. The summed E-state index contributed by atoms with van der Waals surface area (Å²) < 4.78 is 7.13. The van der Waals surface area contributed by atoms with Crippen LogP contribution in [0.2, 0.25) is 0 Å². The third-order valence-electron chi connectivity index (χ3n) is 8.28. The highest BCUT2D eigenvalue weighted by atomic mass is 16.5. The Balaban J connectivity index is 1.45. The number of hydrogen-bond donors (Lipinski definition) is 0. The van der Waals surface area contributed by atoms with Crippen molar-refractivity contribution in [1.82, 2.24) is 0 Å². The van der Waals surface area contributed by atoms with E-state index < -0.39 is 5.72 Å². The minimum atomic E-state index is -0.427. The van der Waals surface area contributed by atoms with Crippen LogP contribution in [0.5, 0.6) is 5.75 Å². The van der Waals surface area contributed by atoms with Gasteiger partial charge in [-0.1, -0.05) is 72.8 Å². The van der Waals surface area contributed by atoms with Gasteiger partial charge in [-0.2, -0.15) is 0 Å². The van der Waals surface area contributed by atoms with Gasteiger partial charge in [-0.3, -0.25) is 4.90 Å². The highest BCUT2D eigenvalue weighted by Gasteiger charge is 2.59. The lowest BCUT2D eigenvalue weighted by Gasteiger charge is -2.53. The summed E-state index contributed by atoms with van der Waals surface area (Å²) in [5.74, 6) is 1.49. The first kappa shape index (κ1) is 20.8. The van der Waals surface area contributed by atoms with Crippen LogP contribution in [0.4, 0.5) is 5.69 Å². The van der Waals surface area contributed by atoms with Gasteiger partial charge >= 0.3 is 0 Å². The fraction of sp³-hybridized carbons (Fsp3) is 0.273. The maximum atomic E-state index is 7.13. The monoisotopic (exact) mass is 457 g/mol. The van der Waals surface area contributed by atoms with E-state index in [1.54, 1.807) is 5.57 Å². The highest BCUT2D eigenvalue weighted by Crippen LogP contribution is 2.61. The molecule has 0 N–H and O–H groups in total. The zero-order chi connectivity index (χ0) is 23.2. The molecule has 1 fully saturated rings. The molecule has 0 bridgehead atoms. The summed E-state index contributed by atoms with van der Waals surface area (Å²) in [6, 6.07) is 30.3.